The van der Waals surface area contributed by atoms with E-state index in [2.05, 4.69) is 4.74 Å². The fourth-order valence-corrected chi connectivity index (χ4v) is 3.55. The van der Waals surface area contributed by atoms with Crippen LogP contribution in [0.4, 0.5) is 0 Å². The monoisotopic (exact) mass is 348 g/mol. The Morgan fingerprint density at radius 1 is 1.12 bits per heavy atom. The SMILES string of the molecule is COC(=O)/C(C#N)=C(\SC)C1=C([C@@H](C#N)C(=O)OC)CCCCC1. The summed E-state index contributed by atoms with van der Waals surface area (Å²) in [6, 6.07) is 3.89. The number of ether oxygens (including phenoxy) is 2. The summed E-state index contributed by atoms with van der Waals surface area (Å²) in [6.07, 6.45) is 5.58. The third-order valence-corrected chi connectivity index (χ3v) is 4.74. The number of rotatable bonds is 5. The standard InChI is InChI=1S/C17H20N2O4S/c1-22-16(20)13(9-18)11-7-5-4-6-8-12(11)15(24-3)14(10-19)17(21)23-2/h13H,4-8H2,1-3H3/b15-14-/t13-/m1/s1. The first kappa shape index (κ1) is 19.8. The second kappa shape index (κ2) is 9.79. The average molecular weight is 348 g/mol. The topological polar surface area (TPSA) is 100 Å². The molecule has 0 heterocycles. The first-order valence-corrected chi connectivity index (χ1v) is 8.74. The van der Waals surface area contributed by atoms with Crippen LogP contribution in [-0.4, -0.2) is 32.4 Å². The Balaban J connectivity index is 3.62. The van der Waals surface area contributed by atoms with E-state index in [1.807, 2.05) is 12.1 Å². The van der Waals surface area contributed by atoms with E-state index >= 15 is 0 Å². The summed E-state index contributed by atoms with van der Waals surface area (Å²) in [5.74, 6) is -2.36. The largest absolute Gasteiger partial charge is 0.468 e. The van der Waals surface area contributed by atoms with Crippen molar-refractivity contribution in [3.63, 3.8) is 0 Å². The van der Waals surface area contributed by atoms with Gasteiger partial charge in [0, 0.05) is 4.91 Å². The van der Waals surface area contributed by atoms with Crippen molar-refractivity contribution in [3.8, 4) is 12.1 Å². The molecule has 0 bridgehead atoms. The van der Waals surface area contributed by atoms with Gasteiger partial charge in [0.2, 0.25) is 0 Å². The Hall–Kier alpha value is -2.25. The predicted octanol–water partition coefficient (Wildman–Crippen LogP) is 2.87. The molecule has 0 spiro atoms. The van der Waals surface area contributed by atoms with Gasteiger partial charge in [-0.2, -0.15) is 10.5 Å². The summed E-state index contributed by atoms with van der Waals surface area (Å²) in [5, 5.41) is 18.8. The molecule has 128 valence electrons. The van der Waals surface area contributed by atoms with Crippen LogP contribution in [-0.2, 0) is 19.1 Å². The fourth-order valence-electron chi connectivity index (χ4n) is 2.74. The van der Waals surface area contributed by atoms with Crippen molar-refractivity contribution in [1.82, 2.24) is 0 Å². The van der Waals surface area contributed by atoms with Crippen LogP contribution in [0.25, 0.3) is 0 Å². The zero-order valence-electron chi connectivity index (χ0n) is 14.0. The highest BCUT2D eigenvalue weighted by atomic mass is 32.2. The number of hydrogen-bond acceptors (Lipinski definition) is 7. The van der Waals surface area contributed by atoms with Gasteiger partial charge in [0.05, 0.1) is 20.3 Å². The molecule has 0 N–H and O–H groups in total. The van der Waals surface area contributed by atoms with Crippen LogP contribution in [0.15, 0.2) is 21.6 Å². The maximum Gasteiger partial charge on any atom is 0.349 e. The van der Waals surface area contributed by atoms with E-state index < -0.39 is 17.9 Å². The molecular formula is C17H20N2O4S. The Morgan fingerprint density at radius 3 is 2.29 bits per heavy atom. The van der Waals surface area contributed by atoms with Crippen molar-refractivity contribution in [3.05, 3.63) is 21.6 Å². The molecule has 1 aliphatic carbocycles. The van der Waals surface area contributed by atoms with Crippen LogP contribution in [0.2, 0.25) is 0 Å². The molecule has 0 fully saturated rings. The molecule has 0 amide bonds. The number of nitriles is 2. The zero-order chi connectivity index (χ0) is 18.1. The van der Waals surface area contributed by atoms with E-state index in [1.54, 1.807) is 6.26 Å². The molecule has 1 rings (SSSR count). The van der Waals surface area contributed by atoms with Gasteiger partial charge in [-0.25, -0.2) is 4.79 Å². The third-order valence-electron chi connectivity index (χ3n) is 3.88. The van der Waals surface area contributed by atoms with E-state index in [4.69, 9.17) is 4.74 Å². The van der Waals surface area contributed by atoms with Gasteiger partial charge < -0.3 is 9.47 Å². The van der Waals surface area contributed by atoms with Crippen LogP contribution in [0.5, 0.6) is 0 Å². The number of hydrogen-bond donors (Lipinski definition) is 0. The number of allylic oxidation sites excluding steroid dienone is 1. The molecule has 24 heavy (non-hydrogen) atoms. The van der Waals surface area contributed by atoms with Gasteiger partial charge in [-0.1, -0.05) is 6.42 Å². The average Bonchev–Trinajstić information content (AvgIpc) is 2.85. The summed E-state index contributed by atoms with van der Waals surface area (Å²) < 4.78 is 9.43. The van der Waals surface area contributed by atoms with E-state index in [-0.39, 0.29) is 5.57 Å². The minimum absolute atomic E-state index is 0.0963. The molecule has 6 nitrogen and oxygen atoms in total. The number of nitrogens with zero attached hydrogens (tertiary/aromatic N) is 2. The molecule has 1 atom stereocenters. The van der Waals surface area contributed by atoms with Gasteiger partial charge >= 0.3 is 11.9 Å². The zero-order valence-corrected chi connectivity index (χ0v) is 14.9. The van der Waals surface area contributed by atoms with Crippen LogP contribution in [0.1, 0.15) is 32.1 Å². The predicted molar refractivity (Wildman–Crippen MR) is 89.4 cm³/mol. The lowest BCUT2D eigenvalue weighted by atomic mass is 9.90. The lowest BCUT2D eigenvalue weighted by Crippen LogP contribution is -2.19. The van der Waals surface area contributed by atoms with Gasteiger partial charge in [-0.15, -0.1) is 11.8 Å². The number of carbonyl (C=O) groups is 2. The normalized spacial score (nSPS) is 16.9. The lowest BCUT2D eigenvalue weighted by Gasteiger charge is -2.18. The molecular weight excluding hydrogens is 328 g/mol. The highest BCUT2D eigenvalue weighted by molar-refractivity contribution is 8.02. The van der Waals surface area contributed by atoms with E-state index in [0.717, 1.165) is 24.8 Å². The van der Waals surface area contributed by atoms with Gasteiger partial charge in [0.25, 0.3) is 0 Å². The second-order valence-corrected chi connectivity index (χ2v) is 5.98. The third kappa shape index (κ3) is 4.39. The Labute approximate surface area is 146 Å². The highest BCUT2D eigenvalue weighted by Crippen LogP contribution is 2.38. The summed E-state index contributed by atoms with van der Waals surface area (Å²) in [7, 11) is 2.45. The first-order chi connectivity index (χ1) is 11.5. The number of thioether (sulfide) groups is 1. The Kier molecular flexibility index (Phi) is 8.08. The first-order valence-electron chi connectivity index (χ1n) is 7.52. The quantitative estimate of drug-likeness (QED) is 0.428. The van der Waals surface area contributed by atoms with E-state index in [0.29, 0.717) is 23.3 Å². The Bertz CT molecular complexity index is 652. The molecule has 7 heteroatoms. The molecule has 0 aromatic rings. The molecule has 0 aromatic heterocycles. The maximum atomic E-state index is 12.0. The van der Waals surface area contributed by atoms with Gasteiger partial charge in [-0.05, 0) is 43.1 Å². The van der Waals surface area contributed by atoms with Crippen molar-refractivity contribution < 1.29 is 19.1 Å². The van der Waals surface area contributed by atoms with Gasteiger partial charge in [-0.3, -0.25) is 4.79 Å². The molecule has 1 aliphatic rings. The van der Waals surface area contributed by atoms with Crippen LogP contribution in [0, 0.1) is 28.6 Å². The van der Waals surface area contributed by atoms with E-state index in [1.165, 1.54) is 26.0 Å². The molecule has 0 aromatic carbocycles. The highest BCUT2D eigenvalue weighted by Gasteiger charge is 2.30. The van der Waals surface area contributed by atoms with Crippen molar-refractivity contribution in [2.75, 3.05) is 20.5 Å². The summed E-state index contributed by atoms with van der Waals surface area (Å²) in [6.45, 7) is 0. The molecule has 0 unspecified atom stereocenters. The van der Waals surface area contributed by atoms with Crippen molar-refractivity contribution >= 4 is 23.7 Å². The molecule has 0 saturated carbocycles. The van der Waals surface area contributed by atoms with Gasteiger partial charge in [0.1, 0.15) is 6.07 Å². The maximum absolute atomic E-state index is 12.0. The fraction of sp³-hybridized carbons (Fsp3) is 0.529. The van der Waals surface area contributed by atoms with Crippen molar-refractivity contribution in [2.45, 2.75) is 32.1 Å². The summed E-state index contributed by atoms with van der Waals surface area (Å²) in [5.41, 5.74) is 1.27. The van der Waals surface area contributed by atoms with E-state index in [9.17, 15) is 20.1 Å². The Morgan fingerprint density at radius 2 is 1.79 bits per heavy atom. The van der Waals surface area contributed by atoms with Crippen molar-refractivity contribution in [2.24, 2.45) is 5.92 Å². The molecule has 0 saturated heterocycles. The molecule has 0 aliphatic heterocycles. The minimum Gasteiger partial charge on any atom is -0.468 e. The van der Waals surface area contributed by atoms with Crippen LogP contribution >= 0.6 is 11.8 Å². The number of carbonyl (C=O) groups excluding carboxylic acids is 2. The number of esters is 2. The molecule has 0 radical (unpaired) electrons. The number of methoxy groups -OCH3 is 2. The van der Waals surface area contributed by atoms with Crippen LogP contribution < -0.4 is 0 Å². The smallest absolute Gasteiger partial charge is 0.349 e. The summed E-state index contributed by atoms with van der Waals surface area (Å²) in [4.78, 5) is 24.4. The summed E-state index contributed by atoms with van der Waals surface area (Å²) >= 11 is 1.25. The van der Waals surface area contributed by atoms with Crippen molar-refractivity contribution in [1.29, 1.82) is 10.5 Å². The lowest BCUT2D eigenvalue weighted by molar-refractivity contribution is -0.142. The van der Waals surface area contributed by atoms with Gasteiger partial charge in [0.15, 0.2) is 11.5 Å². The minimum atomic E-state index is -1.03. The van der Waals surface area contributed by atoms with Crippen LogP contribution in [0.3, 0.4) is 0 Å². The second-order valence-electron chi connectivity index (χ2n) is 5.16.